The van der Waals surface area contributed by atoms with Gasteiger partial charge in [0.25, 0.3) is 0 Å². The van der Waals surface area contributed by atoms with Crippen LogP contribution in [-0.2, 0) is 4.79 Å². The number of nitrogens with zero attached hydrogens (tertiary/aromatic N) is 1. The van der Waals surface area contributed by atoms with Gasteiger partial charge in [-0.05, 0) is 17.8 Å². The standard InChI is InChI=1S/C9H13NO3S/c1-5(11)14-4-8-6-2-10(9(12)13)3-7(6)8/h6-8H,2-4H2,1H3,(H,12,13)/t6-,7+,8?. The molecule has 1 saturated heterocycles. The monoisotopic (exact) mass is 215 g/mol. The van der Waals surface area contributed by atoms with Crippen molar-refractivity contribution in [1.29, 1.82) is 0 Å². The van der Waals surface area contributed by atoms with Gasteiger partial charge < -0.3 is 10.0 Å². The van der Waals surface area contributed by atoms with Crippen LogP contribution in [0, 0.1) is 17.8 Å². The summed E-state index contributed by atoms with van der Waals surface area (Å²) in [5.74, 6) is 2.51. The number of thioether (sulfide) groups is 1. The van der Waals surface area contributed by atoms with Crippen LogP contribution >= 0.6 is 11.8 Å². The Balaban J connectivity index is 1.74. The van der Waals surface area contributed by atoms with Crippen LogP contribution in [0.15, 0.2) is 0 Å². The highest BCUT2D eigenvalue weighted by atomic mass is 32.2. The number of carbonyl (C=O) groups excluding carboxylic acids is 1. The molecule has 1 N–H and O–H groups in total. The first-order chi connectivity index (χ1) is 6.59. The van der Waals surface area contributed by atoms with Crippen molar-refractivity contribution in [3.8, 4) is 0 Å². The lowest BCUT2D eigenvalue weighted by Gasteiger charge is -2.15. The Morgan fingerprint density at radius 1 is 1.43 bits per heavy atom. The fourth-order valence-electron chi connectivity index (χ4n) is 2.27. The zero-order valence-corrected chi connectivity index (χ0v) is 8.79. The second kappa shape index (κ2) is 3.46. The molecule has 1 unspecified atom stereocenters. The molecule has 5 heteroatoms. The second-order valence-electron chi connectivity index (χ2n) is 3.98. The van der Waals surface area contributed by atoms with Gasteiger partial charge in [0.15, 0.2) is 5.12 Å². The summed E-state index contributed by atoms with van der Waals surface area (Å²) in [4.78, 5) is 22.8. The van der Waals surface area contributed by atoms with E-state index in [-0.39, 0.29) is 5.12 Å². The first-order valence-electron chi connectivity index (χ1n) is 4.71. The Morgan fingerprint density at radius 2 is 2.00 bits per heavy atom. The van der Waals surface area contributed by atoms with Crippen molar-refractivity contribution in [2.75, 3.05) is 18.8 Å². The number of carbonyl (C=O) groups is 2. The summed E-state index contributed by atoms with van der Waals surface area (Å²) in [6, 6.07) is 0. The third-order valence-corrected chi connectivity index (χ3v) is 4.08. The molecule has 1 heterocycles. The number of hydrogen-bond acceptors (Lipinski definition) is 3. The number of fused-ring (bicyclic) bond motifs is 1. The average Bonchev–Trinajstić information content (AvgIpc) is 2.57. The molecule has 0 bridgehead atoms. The fourth-order valence-corrected chi connectivity index (χ4v) is 3.19. The maximum Gasteiger partial charge on any atom is 0.407 e. The lowest BCUT2D eigenvalue weighted by molar-refractivity contribution is -0.109. The van der Waals surface area contributed by atoms with Gasteiger partial charge in [-0.25, -0.2) is 4.79 Å². The molecule has 0 spiro atoms. The number of hydrogen-bond donors (Lipinski definition) is 1. The number of likely N-dealkylation sites (tertiary alicyclic amines) is 1. The molecule has 0 aromatic rings. The van der Waals surface area contributed by atoms with Gasteiger partial charge in [0.05, 0.1) is 0 Å². The summed E-state index contributed by atoms with van der Waals surface area (Å²) in [5.41, 5.74) is 0. The zero-order valence-electron chi connectivity index (χ0n) is 7.97. The maximum absolute atomic E-state index is 10.7. The van der Waals surface area contributed by atoms with E-state index in [1.54, 1.807) is 6.92 Å². The van der Waals surface area contributed by atoms with E-state index in [9.17, 15) is 9.59 Å². The molecule has 2 rings (SSSR count). The highest BCUT2D eigenvalue weighted by Crippen LogP contribution is 2.52. The minimum absolute atomic E-state index is 0.157. The summed E-state index contributed by atoms with van der Waals surface area (Å²) in [6.07, 6.45) is -0.810. The smallest absolute Gasteiger partial charge is 0.407 e. The maximum atomic E-state index is 10.7. The lowest BCUT2D eigenvalue weighted by Crippen LogP contribution is -2.30. The van der Waals surface area contributed by atoms with Crippen molar-refractivity contribution in [1.82, 2.24) is 4.90 Å². The third kappa shape index (κ3) is 1.73. The average molecular weight is 215 g/mol. The van der Waals surface area contributed by atoms with E-state index in [2.05, 4.69) is 0 Å². The van der Waals surface area contributed by atoms with Crippen LogP contribution in [0.25, 0.3) is 0 Å². The van der Waals surface area contributed by atoms with Gasteiger partial charge in [0, 0.05) is 25.8 Å². The van der Waals surface area contributed by atoms with Crippen molar-refractivity contribution in [2.24, 2.45) is 17.8 Å². The van der Waals surface area contributed by atoms with E-state index < -0.39 is 6.09 Å². The fraction of sp³-hybridized carbons (Fsp3) is 0.778. The summed E-state index contributed by atoms with van der Waals surface area (Å²) >= 11 is 1.36. The molecule has 1 aliphatic heterocycles. The van der Waals surface area contributed by atoms with Crippen LogP contribution in [0.1, 0.15) is 6.92 Å². The predicted octanol–water partition coefficient (Wildman–Crippen LogP) is 1.12. The minimum atomic E-state index is -0.810. The van der Waals surface area contributed by atoms with Crippen LogP contribution in [0.4, 0.5) is 4.79 Å². The highest BCUT2D eigenvalue weighted by molar-refractivity contribution is 8.13. The molecule has 1 aliphatic carbocycles. The molecule has 0 radical (unpaired) electrons. The van der Waals surface area contributed by atoms with E-state index in [4.69, 9.17) is 5.11 Å². The number of piperidine rings is 1. The molecule has 4 nitrogen and oxygen atoms in total. The zero-order chi connectivity index (χ0) is 10.3. The second-order valence-corrected chi connectivity index (χ2v) is 5.18. The van der Waals surface area contributed by atoms with Crippen LogP contribution in [0.3, 0.4) is 0 Å². The van der Waals surface area contributed by atoms with Crippen LogP contribution < -0.4 is 0 Å². The van der Waals surface area contributed by atoms with Crippen LogP contribution in [0.2, 0.25) is 0 Å². The Kier molecular flexibility index (Phi) is 2.43. The molecule has 78 valence electrons. The van der Waals surface area contributed by atoms with Gasteiger partial charge in [-0.2, -0.15) is 0 Å². The van der Waals surface area contributed by atoms with E-state index >= 15 is 0 Å². The van der Waals surface area contributed by atoms with Crippen molar-refractivity contribution in [3.63, 3.8) is 0 Å². The van der Waals surface area contributed by atoms with Gasteiger partial charge in [0.1, 0.15) is 0 Å². The number of amides is 1. The molecule has 1 saturated carbocycles. The first-order valence-corrected chi connectivity index (χ1v) is 5.69. The SMILES string of the molecule is CC(=O)SCC1[C@H]2CN(C(=O)O)C[C@@H]12. The Hall–Kier alpha value is -0.710. The van der Waals surface area contributed by atoms with Crippen LogP contribution in [-0.4, -0.2) is 40.1 Å². The summed E-state index contributed by atoms with van der Waals surface area (Å²) in [5, 5.41) is 8.88. The first kappa shape index (κ1) is 9.83. The summed E-state index contributed by atoms with van der Waals surface area (Å²) in [7, 11) is 0. The molecule has 3 atom stereocenters. The molecule has 2 fully saturated rings. The summed E-state index contributed by atoms with van der Waals surface area (Å²) < 4.78 is 0. The summed E-state index contributed by atoms with van der Waals surface area (Å²) in [6.45, 7) is 2.92. The number of carboxylic acid groups (broad SMARTS) is 1. The predicted molar refractivity (Wildman–Crippen MR) is 53.2 cm³/mol. The molecule has 0 aromatic heterocycles. The van der Waals surface area contributed by atoms with E-state index in [1.165, 1.54) is 16.7 Å². The topological polar surface area (TPSA) is 57.6 Å². The molecule has 2 aliphatic rings. The normalized spacial score (nSPS) is 34.1. The van der Waals surface area contributed by atoms with Crippen molar-refractivity contribution >= 4 is 23.0 Å². The van der Waals surface area contributed by atoms with Gasteiger partial charge in [0.2, 0.25) is 0 Å². The third-order valence-electron chi connectivity index (χ3n) is 3.12. The van der Waals surface area contributed by atoms with Gasteiger partial charge >= 0.3 is 6.09 Å². The van der Waals surface area contributed by atoms with E-state index in [0.717, 1.165) is 5.75 Å². The Morgan fingerprint density at radius 3 is 2.43 bits per heavy atom. The molecule has 1 amide bonds. The van der Waals surface area contributed by atoms with E-state index in [1.807, 2.05) is 0 Å². The highest BCUT2D eigenvalue weighted by Gasteiger charge is 2.56. The molecule has 0 aromatic carbocycles. The molecular formula is C9H13NO3S. The molecular weight excluding hydrogens is 202 g/mol. The van der Waals surface area contributed by atoms with Gasteiger partial charge in [-0.3, -0.25) is 4.79 Å². The van der Waals surface area contributed by atoms with Crippen molar-refractivity contribution in [2.45, 2.75) is 6.92 Å². The Labute approximate surface area is 86.6 Å². The minimum Gasteiger partial charge on any atom is -0.465 e. The van der Waals surface area contributed by atoms with Crippen molar-refractivity contribution < 1.29 is 14.7 Å². The quantitative estimate of drug-likeness (QED) is 0.750. The largest absolute Gasteiger partial charge is 0.465 e. The Bertz CT molecular complexity index is 262. The van der Waals surface area contributed by atoms with Crippen LogP contribution in [0.5, 0.6) is 0 Å². The van der Waals surface area contributed by atoms with Gasteiger partial charge in [-0.15, -0.1) is 0 Å². The molecule has 14 heavy (non-hydrogen) atoms. The van der Waals surface area contributed by atoms with Gasteiger partial charge in [-0.1, -0.05) is 11.8 Å². The van der Waals surface area contributed by atoms with E-state index in [0.29, 0.717) is 30.8 Å². The lowest BCUT2D eigenvalue weighted by atomic mass is 10.3. The van der Waals surface area contributed by atoms with Crippen molar-refractivity contribution in [3.05, 3.63) is 0 Å². The number of rotatable bonds is 2.